The van der Waals surface area contributed by atoms with Crippen LogP contribution in [0.15, 0.2) is 24.3 Å². The minimum absolute atomic E-state index is 0.0276. The lowest BCUT2D eigenvalue weighted by Crippen LogP contribution is -2.69. The molecule has 7 nitrogen and oxygen atoms in total. The van der Waals surface area contributed by atoms with Crippen molar-refractivity contribution in [3.05, 3.63) is 30.0 Å². The quantitative estimate of drug-likeness (QED) is 0.826. The summed E-state index contributed by atoms with van der Waals surface area (Å²) in [5, 5.41) is 19.7. The number of ether oxygens (including phenoxy) is 2. The van der Waals surface area contributed by atoms with Gasteiger partial charge in [-0.05, 0) is 12.5 Å². The molecule has 3 fully saturated rings. The minimum atomic E-state index is -0.791. The normalized spacial score (nSPS) is 33.5. The molecule has 0 radical (unpaired) electrons. The second-order valence-electron chi connectivity index (χ2n) is 7.99. The molecule has 0 aliphatic carbocycles. The number of nitrogens with one attached hydrogen (secondary N) is 1. The number of benzene rings is 1. The van der Waals surface area contributed by atoms with Gasteiger partial charge in [0.1, 0.15) is 0 Å². The lowest BCUT2D eigenvalue weighted by molar-refractivity contribution is -0.219. The first-order valence-corrected chi connectivity index (χ1v) is 9.76. The average molecular weight is 371 g/mol. The highest BCUT2D eigenvalue weighted by Gasteiger charge is 2.56. The van der Waals surface area contributed by atoms with E-state index < -0.39 is 5.60 Å². The van der Waals surface area contributed by atoms with Crippen LogP contribution in [0.1, 0.15) is 18.5 Å². The molecule has 0 unspecified atom stereocenters. The van der Waals surface area contributed by atoms with Crippen LogP contribution in [0.2, 0.25) is 0 Å². The summed E-state index contributed by atoms with van der Waals surface area (Å²) in [5.41, 5.74) is 0.929. The summed E-state index contributed by atoms with van der Waals surface area (Å²) in [6.45, 7) is 2.76. The van der Waals surface area contributed by atoms with Gasteiger partial charge in [0.05, 0.1) is 36.4 Å². The molecule has 1 aromatic carbocycles. The minimum Gasteiger partial charge on any atom is -0.389 e. The molecule has 0 saturated carbocycles. The summed E-state index contributed by atoms with van der Waals surface area (Å²) in [6.07, 6.45) is 1.68. The third-order valence-electron chi connectivity index (χ3n) is 6.64. The summed E-state index contributed by atoms with van der Waals surface area (Å²) in [7, 11) is 0. The van der Waals surface area contributed by atoms with E-state index in [1.165, 1.54) is 0 Å². The van der Waals surface area contributed by atoms with Gasteiger partial charge in [0.2, 0.25) is 5.91 Å². The largest absolute Gasteiger partial charge is 0.389 e. The fraction of sp³-hybridized carbons (Fsp3) is 0.600. The first kappa shape index (κ1) is 17.2. The molecule has 3 aliphatic heterocycles. The van der Waals surface area contributed by atoms with Gasteiger partial charge in [-0.2, -0.15) is 5.10 Å². The standard InChI is InChI=1S/C20H25N3O4/c24-19(9-17-14-3-1-2-4-16(14)21-22-17)23-10-13-11-27-8-6-20(13,25)15-12-26-7-5-18(15)23/h1-4,13,15,18,25H,5-12H2,(H,21,22)/t13-,15+,18-,20-/m0/s1. The van der Waals surface area contributed by atoms with Crippen molar-refractivity contribution in [2.45, 2.75) is 30.9 Å². The first-order valence-electron chi connectivity index (χ1n) is 9.76. The third kappa shape index (κ3) is 2.76. The molecule has 27 heavy (non-hydrogen) atoms. The van der Waals surface area contributed by atoms with Gasteiger partial charge in [-0.25, -0.2) is 0 Å². The maximum atomic E-state index is 13.3. The molecule has 4 atom stereocenters. The molecule has 7 heteroatoms. The van der Waals surface area contributed by atoms with E-state index in [2.05, 4.69) is 10.2 Å². The van der Waals surface area contributed by atoms with Crippen LogP contribution in [0, 0.1) is 11.8 Å². The Bertz CT molecular complexity index is 853. The van der Waals surface area contributed by atoms with Crippen molar-refractivity contribution in [3.8, 4) is 0 Å². The summed E-state index contributed by atoms with van der Waals surface area (Å²) in [6, 6.07) is 7.85. The van der Waals surface area contributed by atoms with Crippen molar-refractivity contribution >= 4 is 16.8 Å². The zero-order chi connectivity index (χ0) is 18.4. The Morgan fingerprint density at radius 3 is 3.07 bits per heavy atom. The molecule has 3 aliphatic rings. The third-order valence-corrected chi connectivity index (χ3v) is 6.64. The highest BCUT2D eigenvalue weighted by atomic mass is 16.5. The van der Waals surface area contributed by atoms with E-state index in [9.17, 15) is 9.90 Å². The van der Waals surface area contributed by atoms with Gasteiger partial charge in [-0.15, -0.1) is 0 Å². The van der Waals surface area contributed by atoms with Crippen molar-refractivity contribution in [2.75, 3.05) is 33.0 Å². The zero-order valence-corrected chi connectivity index (χ0v) is 15.3. The summed E-state index contributed by atoms with van der Waals surface area (Å²) in [5.74, 6) is -0.0260. The number of nitrogens with zero attached hydrogens (tertiary/aromatic N) is 2. The Morgan fingerprint density at radius 1 is 1.30 bits per heavy atom. The predicted molar refractivity (Wildman–Crippen MR) is 98.1 cm³/mol. The smallest absolute Gasteiger partial charge is 0.228 e. The fourth-order valence-corrected chi connectivity index (χ4v) is 5.15. The Hall–Kier alpha value is -1.96. The van der Waals surface area contributed by atoms with Crippen molar-refractivity contribution in [2.24, 2.45) is 11.8 Å². The molecule has 2 N–H and O–H groups in total. The number of rotatable bonds is 2. The summed E-state index contributed by atoms with van der Waals surface area (Å²) in [4.78, 5) is 15.2. The predicted octanol–water partition coefficient (Wildman–Crippen LogP) is 1.12. The molecular weight excluding hydrogens is 346 g/mol. The van der Waals surface area contributed by atoms with E-state index in [1.54, 1.807) is 0 Å². The van der Waals surface area contributed by atoms with E-state index in [1.807, 2.05) is 29.2 Å². The van der Waals surface area contributed by atoms with E-state index in [4.69, 9.17) is 9.47 Å². The number of aromatic nitrogens is 2. The van der Waals surface area contributed by atoms with Gasteiger partial charge in [-0.1, -0.05) is 18.2 Å². The molecule has 1 amide bonds. The molecular formula is C20H25N3O4. The van der Waals surface area contributed by atoms with Gasteiger partial charge < -0.3 is 19.5 Å². The van der Waals surface area contributed by atoms with Crippen molar-refractivity contribution in [1.29, 1.82) is 0 Å². The zero-order valence-electron chi connectivity index (χ0n) is 15.3. The monoisotopic (exact) mass is 371 g/mol. The lowest BCUT2D eigenvalue weighted by atomic mass is 9.66. The van der Waals surface area contributed by atoms with E-state index in [-0.39, 0.29) is 30.2 Å². The number of piperidine rings is 1. The highest BCUT2D eigenvalue weighted by molar-refractivity contribution is 5.87. The second-order valence-corrected chi connectivity index (χ2v) is 7.99. The SMILES string of the molecule is O=C(Cc1[nH]nc2ccccc12)N1C[C@H]2COCC[C@@]2(O)[C@@H]2COCC[C@@H]21. The molecule has 4 heterocycles. The van der Waals surface area contributed by atoms with Crippen LogP contribution < -0.4 is 0 Å². The molecule has 3 saturated heterocycles. The number of carbonyl (C=O) groups is 1. The Labute approximate surface area is 157 Å². The lowest BCUT2D eigenvalue weighted by Gasteiger charge is -2.57. The number of para-hydroxylation sites is 1. The van der Waals surface area contributed by atoms with Crippen LogP contribution in [0.3, 0.4) is 0 Å². The molecule has 144 valence electrons. The number of hydrogen-bond acceptors (Lipinski definition) is 5. The molecule has 2 aromatic rings. The number of H-pyrrole nitrogens is 1. The second kappa shape index (κ2) is 6.58. The molecule has 0 spiro atoms. The summed E-state index contributed by atoms with van der Waals surface area (Å²) < 4.78 is 11.3. The van der Waals surface area contributed by atoms with Crippen molar-refractivity contribution in [3.63, 3.8) is 0 Å². The fourth-order valence-electron chi connectivity index (χ4n) is 5.15. The van der Waals surface area contributed by atoms with Crippen molar-refractivity contribution < 1.29 is 19.4 Å². The van der Waals surface area contributed by atoms with Crippen LogP contribution >= 0.6 is 0 Å². The molecule has 0 bridgehead atoms. The number of hydrogen-bond donors (Lipinski definition) is 2. The van der Waals surface area contributed by atoms with Gasteiger partial charge in [0, 0.05) is 49.4 Å². The maximum Gasteiger partial charge on any atom is 0.228 e. The topological polar surface area (TPSA) is 87.7 Å². The van der Waals surface area contributed by atoms with E-state index >= 15 is 0 Å². The van der Waals surface area contributed by atoms with Crippen LogP contribution in [-0.4, -0.2) is 70.7 Å². The number of likely N-dealkylation sites (tertiary alicyclic amines) is 1. The van der Waals surface area contributed by atoms with Gasteiger partial charge in [0.15, 0.2) is 0 Å². The van der Waals surface area contributed by atoms with Crippen LogP contribution in [0.5, 0.6) is 0 Å². The maximum absolute atomic E-state index is 13.3. The van der Waals surface area contributed by atoms with Crippen LogP contribution in [0.4, 0.5) is 0 Å². The van der Waals surface area contributed by atoms with E-state index in [0.717, 1.165) is 23.0 Å². The number of amides is 1. The Kier molecular flexibility index (Phi) is 4.18. The molecule has 1 aromatic heterocycles. The van der Waals surface area contributed by atoms with Crippen LogP contribution in [0.25, 0.3) is 10.9 Å². The van der Waals surface area contributed by atoms with E-state index in [0.29, 0.717) is 39.4 Å². The number of aliphatic hydroxyl groups is 1. The Balaban J connectivity index is 1.42. The van der Waals surface area contributed by atoms with Gasteiger partial charge >= 0.3 is 0 Å². The van der Waals surface area contributed by atoms with Crippen LogP contribution in [-0.2, 0) is 20.7 Å². The molecule has 5 rings (SSSR count). The number of aromatic amines is 1. The summed E-state index contributed by atoms with van der Waals surface area (Å²) >= 11 is 0. The van der Waals surface area contributed by atoms with Gasteiger partial charge in [-0.3, -0.25) is 9.89 Å². The first-order chi connectivity index (χ1) is 13.2. The van der Waals surface area contributed by atoms with Crippen molar-refractivity contribution in [1.82, 2.24) is 15.1 Å². The van der Waals surface area contributed by atoms with Gasteiger partial charge in [0.25, 0.3) is 0 Å². The highest BCUT2D eigenvalue weighted by Crippen LogP contribution is 2.44. The Morgan fingerprint density at radius 2 is 2.15 bits per heavy atom. The number of carbonyl (C=O) groups excluding carboxylic acids is 1. The average Bonchev–Trinajstić information content (AvgIpc) is 3.10. The number of fused-ring (bicyclic) bond motifs is 4.